The van der Waals surface area contributed by atoms with Crippen molar-refractivity contribution in [2.45, 2.75) is 72.3 Å². The minimum absolute atomic E-state index is 0.0549. The fraction of sp³-hybridized carbons (Fsp3) is 0.520. The SMILES string of the molecule is CCCC[C@@H](C(=O)NCCC(C)C)N(C(=O)c1snc(C(N)=O)c1N)c1ccc(C(C)C)cc1. The zero-order valence-corrected chi connectivity index (χ0v) is 21.6. The molecular weight excluding hydrogens is 450 g/mol. The van der Waals surface area contributed by atoms with E-state index in [0.29, 0.717) is 30.5 Å². The molecule has 0 radical (unpaired) electrons. The van der Waals surface area contributed by atoms with E-state index in [-0.39, 0.29) is 22.2 Å². The largest absolute Gasteiger partial charge is 0.395 e. The minimum Gasteiger partial charge on any atom is -0.395 e. The number of hydrogen-bond donors (Lipinski definition) is 3. The zero-order valence-electron chi connectivity index (χ0n) is 20.8. The van der Waals surface area contributed by atoms with Crippen LogP contribution in [0, 0.1) is 5.92 Å². The van der Waals surface area contributed by atoms with E-state index in [1.165, 1.54) is 4.90 Å². The van der Waals surface area contributed by atoms with Crippen molar-refractivity contribution in [3.8, 4) is 0 Å². The molecule has 0 aliphatic carbocycles. The number of amides is 3. The third kappa shape index (κ3) is 6.79. The molecule has 0 aliphatic heterocycles. The van der Waals surface area contributed by atoms with Gasteiger partial charge in [0, 0.05) is 12.2 Å². The van der Waals surface area contributed by atoms with Gasteiger partial charge in [0.25, 0.3) is 11.8 Å². The van der Waals surface area contributed by atoms with E-state index < -0.39 is 17.9 Å². The Morgan fingerprint density at radius 2 is 1.74 bits per heavy atom. The summed E-state index contributed by atoms with van der Waals surface area (Å²) in [4.78, 5) is 40.4. The van der Waals surface area contributed by atoms with Gasteiger partial charge in [0.15, 0.2) is 5.69 Å². The second kappa shape index (κ2) is 12.5. The number of primary amides is 1. The number of unbranched alkanes of at least 4 members (excludes halogenated alkanes) is 1. The number of rotatable bonds is 12. The predicted octanol–water partition coefficient (Wildman–Crippen LogP) is 4.32. The van der Waals surface area contributed by atoms with Crippen molar-refractivity contribution in [1.82, 2.24) is 9.69 Å². The van der Waals surface area contributed by atoms with Crippen LogP contribution in [0.2, 0.25) is 0 Å². The number of carbonyl (C=O) groups is 3. The molecule has 5 N–H and O–H groups in total. The molecule has 2 aromatic rings. The van der Waals surface area contributed by atoms with E-state index in [9.17, 15) is 14.4 Å². The molecule has 34 heavy (non-hydrogen) atoms. The first-order chi connectivity index (χ1) is 16.1. The van der Waals surface area contributed by atoms with Gasteiger partial charge in [0.1, 0.15) is 10.9 Å². The van der Waals surface area contributed by atoms with Crippen LogP contribution in [-0.2, 0) is 4.79 Å². The van der Waals surface area contributed by atoms with Crippen LogP contribution in [0.25, 0.3) is 0 Å². The summed E-state index contributed by atoms with van der Waals surface area (Å²) >= 11 is 0.820. The predicted molar refractivity (Wildman–Crippen MR) is 138 cm³/mol. The highest BCUT2D eigenvalue weighted by Gasteiger charge is 2.34. The summed E-state index contributed by atoms with van der Waals surface area (Å²) in [6, 6.07) is 6.87. The smallest absolute Gasteiger partial charge is 0.272 e. The summed E-state index contributed by atoms with van der Waals surface area (Å²) in [5.41, 5.74) is 12.9. The lowest BCUT2D eigenvalue weighted by Gasteiger charge is -2.31. The third-order valence-electron chi connectivity index (χ3n) is 5.68. The van der Waals surface area contributed by atoms with Crippen LogP contribution in [-0.4, -0.2) is 34.7 Å². The molecule has 3 amide bonds. The van der Waals surface area contributed by atoms with Gasteiger partial charge in [-0.3, -0.25) is 19.3 Å². The van der Waals surface area contributed by atoms with Crippen molar-refractivity contribution in [3.63, 3.8) is 0 Å². The molecule has 8 nitrogen and oxygen atoms in total. The molecule has 186 valence electrons. The summed E-state index contributed by atoms with van der Waals surface area (Å²) in [6.07, 6.45) is 2.97. The standard InChI is InChI=1S/C25H37N5O3S/c1-6-7-8-19(24(32)28-14-13-15(2)3)30(18-11-9-17(10-12-18)16(4)5)25(33)22-20(26)21(23(27)31)29-34-22/h9-12,15-16,19H,6-8,13-14,26H2,1-5H3,(H2,27,31)(H,28,32)/t19-/m0/s1. The Morgan fingerprint density at radius 3 is 2.24 bits per heavy atom. The molecule has 0 fully saturated rings. The van der Waals surface area contributed by atoms with Crippen molar-refractivity contribution in [3.05, 3.63) is 40.4 Å². The molecule has 1 atom stereocenters. The van der Waals surface area contributed by atoms with E-state index >= 15 is 0 Å². The molecular formula is C25H37N5O3S. The van der Waals surface area contributed by atoms with Crippen LogP contribution >= 0.6 is 11.5 Å². The number of aromatic nitrogens is 1. The quantitative estimate of drug-likeness (QED) is 0.410. The average molecular weight is 488 g/mol. The molecule has 0 saturated carbocycles. The maximum atomic E-state index is 13.8. The van der Waals surface area contributed by atoms with Crippen molar-refractivity contribution < 1.29 is 14.4 Å². The Hall–Kier alpha value is -2.94. The van der Waals surface area contributed by atoms with Crippen molar-refractivity contribution in [2.75, 3.05) is 17.2 Å². The van der Waals surface area contributed by atoms with E-state index in [1.54, 1.807) is 0 Å². The molecule has 1 aromatic heterocycles. The minimum atomic E-state index is -0.797. The summed E-state index contributed by atoms with van der Waals surface area (Å²) in [5, 5.41) is 3.00. The first-order valence-corrected chi connectivity index (χ1v) is 12.6. The maximum absolute atomic E-state index is 13.8. The van der Waals surface area contributed by atoms with Gasteiger partial charge in [-0.2, -0.15) is 4.37 Å². The molecule has 1 aromatic carbocycles. The summed E-state index contributed by atoms with van der Waals surface area (Å²) < 4.78 is 3.98. The number of carbonyl (C=O) groups excluding carboxylic acids is 3. The number of benzene rings is 1. The molecule has 0 unspecified atom stereocenters. The number of hydrogen-bond acceptors (Lipinski definition) is 6. The Balaban J connectivity index is 2.52. The molecule has 9 heteroatoms. The van der Waals surface area contributed by atoms with Gasteiger partial charge in [-0.1, -0.05) is 59.6 Å². The fourth-order valence-electron chi connectivity index (χ4n) is 3.57. The maximum Gasteiger partial charge on any atom is 0.272 e. The van der Waals surface area contributed by atoms with Gasteiger partial charge in [-0.25, -0.2) is 0 Å². The van der Waals surface area contributed by atoms with E-state index in [2.05, 4.69) is 37.4 Å². The van der Waals surface area contributed by atoms with Crippen LogP contribution in [0.5, 0.6) is 0 Å². The lowest BCUT2D eigenvalue weighted by atomic mass is 10.0. The van der Waals surface area contributed by atoms with Crippen molar-refractivity contribution >= 4 is 40.6 Å². The first kappa shape index (κ1) is 27.3. The number of nitrogen functional groups attached to an aromatic ring is 1. The lowest BCUT2D eigenvalue weighted by Crippen LogP contribution is -2.50. The summed E-state index contributed by atoms with van der Waals surface area (Å²) in [5.74, 6) is -0.716. The molecule has 0 bridgehead atoms. The van der Waals surface area contributed by atoms with Gasteiger partial charge in [0.2, 0.25) is 5.91 Å². The van der Waals surface area contributed by atoms with Gasteiger partial charge in [-0.15, -0.1) is 0 Å². The zero-order chi connectivity index (χ0) is 25.4. The highest BCUT2D eigenvalue weighted by molar-refractivity contribution is 7.09. The average Bonchev–Trinajstić information content (AvgIpc) is 3.17. The van der Waals surface area contributed by atoms with Crippen LogP contribution in [0.3, 0.4) is 0 Å². The highest BCUT2D eigenvalue weighted by atomic mass is 32.1. The number of nitrogens with one attached hydrogen (secondary N) is 1. The second-order valence-electron chi connectivity index (χ2n) is 9.19. The van der Waals surface area contributed by atoms with Gasteiger partial charge in [0.05, 0.1) is 5.69 Å². The van der Waals surface area contributed by atoms with Crippen LogP contribution in [0.15, 0.2) is 24.3 Å². The molecule has 0 aliphatic rings. The third-order valence-corrected chi connectivity index (χ3v) is 6.53. The number of nitrogens with two attached hydrogens (primary N) is 2. The summed E-state index contributed by atoms with van der Waals surface area (Å²) in [7, 11) is 0. The normalized spacial score (nSPS) is 12.1. The molecule has 2 rings (SSSR count). The van der Waals surface area contributed by atoms with Crippen molar-refractivity contribution in [2.24, 2.45) is 11.7 Å². The van der Waals surface area contributed by atoms with E-state index in [1.807, 2.05) is 31.2 Å². The van der Waals surface area contributed by atoms with Crippen LogP contribution in [0.1, 0.15) is 91.9 Å². The van der Waals surface area contributed by atoms with Crippen LogP contribution in [0.4, 0.5) is 11.4 Å². The molecule has 0 spiro atoms. The Morgan fingerprint density at radius 1 is 1.09 bits per heavy atom. The lowest BCUT2D eigenvalue weighted by molar-refractivity contribution is -0.122. The van der Waals surface area contributed by atoms with E-state index in [4.69, 9.17) is 11.5 Å². The van der Waals surface area contributed by atoms with Crippen LogP contribution < -0.4 is 21.7 Å². The Bertz CT molecular complexity index is 985. The van der Waals surface area contributed by atoms with Gasteiger partial charge < -0.3 is 16.8 Å². The second-order valence-corrected chi connectivity index (χ2v) is 9.96. The first-order valence-electron chi connectivity index (χ1n) is 11.8. The monoisotopic (exact) mass is 487 g/mol. The summed E-state index contributed by atoms with van der Waals surface area (Å²) in [6.45, 7) is 10.9. The Kier molecular flexibility index (Phi) is 10.0. The Labute approximate surface area is 206 Å². The fourth-order valence-corrected chi connectivity index (χ4v) is 4.32. The number of nitrogens with zero attached hydrogens (tertiary/aromatic N) is 2. The van der Waals surface area contributed by atoms with Gasteiger partial charge >= 0.3 is 0 Å². The molecule has 0 saturated heterocycles. The van der Waals surface area contributed by atoms with E-state index in [0.717, 1.165) is 36.4 Å². The number of anilines is 2. The topological polar surface area (TPSA) is 131 Å². The van der Waals surface area contributed by atoms with Crippen molar-refractivity contribution in [1.29, 1.82) is 0 Å². The van der Waals surface area contributed by atoms with Gasteiger partial charge in [-0.05, 0) is 53.9 Å². The highest BCUT2D eigenvalue weighted by Crippen LogP contribution is 2.30. The molecule has 1 heterocycles.